The molecule has 0 radical (unpaired) electrons. The van der Waals surface area contributed by atoms with Gasteiger partial charge in [-0.1, -0.05) is 0 Å². The van der Waals surface area contributed by atoms with E-state index < -0.39 is 23.2 Å². The highest BCUT2D eigenvalue weighted by Crippen LogP contribution is 2.09. The average molecular weight is 173 g/mol. The van der Waals surface area contributed by atoms with Gasteiger partial charge in [0.2, 0.25) is 0 Å². The fraction of sp³-hybridized carbons (Fsp3) is 0.143. The lowest BCUT2D eigenvalue weighted by Gasteiger charge is -1.99. The molecule has 0 spiro atoms. The maximum absolute atomic E-state index is 12.7. The maximum atomic E-state index is 12.7. The van der Waals surface area contributed by atoms with Gasteiger partial charge < -0.3 is 4.74 Å². The van der Waals surface area contributed by atoms with Gasteiger partial charge in [0.15, 0.2) is 11.6 Å². The largest absolute Gasteiger partial charge is 0.465 e. The van der Waals surface area contributed by atoms with Gasteiger partial charge in [0.25, 0.3) is 0 Å². The summed E-state index contributed by atoms with van der Waals surface area (Å²) >= 11 is 0. The van der Waals surface area contributed by atoms with Gasteiger partial charge in [-0.15, -0.1) is 0 Å². The first-order chi connectivity index (χ1) is 5.66. The minimum absolute atomic E-state index is 0.502. The number of aromatic nitrogens is 1. The lowest BCUT2D eigenvalue weighted by Crippen LogP contribution is -2.06. The number of hydrogen-bond acceptors (Lipinski definition) is 3. The molecule has 1 aromatic heterocycles. The predicted octanol–water partition coefficient (Wildman–Crippen LogP) is 1.15. The Morgan fingerprint density at radius 2 is 2.17 bits per heavy atom. The second kappa shape index (κ2) is 3.25. The summed E-state index contributed by atoms with van der Waals surface area (Å²) in [5.74, 6) is -3.35. The van der Waals surface area contributed by atoms with Crippen LogP contribution in [0.15, 0.2) is 12.4 Å². The summed E-state index contributed by atoms with van der Waals surface area (Å²) in [5.41, 5.74) is -0.502. The van der Waals surface area contributed by atoms with E-state index in [1.54, 1.807) is 0 Å². The van der Waals surface area contributed by atoms with E-state index in [4.69, 9.17) is 0 Å². The Morgan fingerprint density at radius 3 is 2.75 bits per heavy atom. The molecule has 0 aliphatic heterocycles. The van der Waals surface area contributed by atoms with Gasteiger partial charge in [0, 0.05) is 6.20 Å². The van der Waals surface area contributed by atoms with E-state index in [2.05, 4.69) is 9.72 Å². The molecular formula is C7H5F2NO2. The summed E-state index contributed by atoms with van der Waals surface area (Å²) in [5, 5.41) is 0. The topological polar surface area (TPSA) is 39.2 Å². The number of ether oxygens (including phenoxy) is 1. The van der Waals surface area contributed by atoms with Crippen LogP contribution in [0.3, 0.4) is 0 Å². The number of hydrogen-bond donors (Lipinski definition) is 0. The van der Waals surface area contributed by atoms with E-state index in [0.717, 1.165) is 13.3 Å². The van der Waals surface area contributed by atoms with E-state index in [1.165, 1.54) is 0 Å². The lowest BCUT2D eigenvalue weighted by atomic mass is 10.3. The van der Waals surface area contributed by atoms with Crippen molar-refractivity contribution in [2.24, 2.45) is 0 Å². The molecule has 0 bridgehead atoms. The van der Waals surface area contributed by atoms with Gasteiger partial charge in [-0.25, -0.2) is 13.6 Å². The molecule has 0 saturated heterocycles. The molecule has 0 fully saturated rings. The SMILES string of the molecule is COC(=O)c1cncc(F)c1F. The minimum Gasteiger partial charge on any atom is -0.465 e. The van der Waals surface area contributed by atoms with Crippen molar-refractivity contribution in [3.05, 3.63) is 29.6 Å². The zero-order valence-electron chi connectivity index (χ0n) is 6.17. The third kappa shape index (κ3) is 1.39. The molecule has 0 unspecified atom stereocenters. The van der Waals surface area contributed by atoms with Crippen molar-refractivity contribution in [1.82, 2.24) is 4.98 Å². The summed E-state index contributed by atoms with van der Waals surface area (Å²) in [7, 11) is 1.08. The number of carbonyl (C=O) groups is 1. The van der Waals surface area contributed by atoms with E-state index in [9.17, 15) is 13.6 Å². The second-order valence-electron chi connectivity index (χ2n) is 1.97. The third-order valence-electron chi connectivity index (χ3n) is 1.24. The smallest absolute Gasteiger partial charge is 0.342 e. The number of nitrogens with zero attached hydrogens (tertiary/aromatic N) is 1. The summed E-state index contributed by atoms with van der Waals surface area (Å²) in [6.45, 7) is 0. The van der Waals surface area contributed by atoms with E-state index in [0.29, 0.717) is 6.20 Å². The van der Waals surface area contributed by atoms with Crippen molar-refractivity contribution in [1.29, 1.82) is 0 Å². The molecule has 0 saturated carbocycles. The molecule has 0 aliphatic rings. The number of halogens is 2. The number of esters is 1. The van der Waals surface area contributed by atoms with Crippen LogP contribution in [-0.4, -0.2) is 18.1 Å². The number of carbonyl (C=O) groups excluding carboxylic acids is 1. The van der Waals surface area contributed by atoms with Crippen LogP contribution in [0.1, 0.15) is 10.4 Å². The fourth-order valence-corrected chi connectivity index (χ4v) is 0.672. The van der Waals surface area contributed by atoms with Gasteiger partial charge in [0.05, 0.1) is 13.3 Å². The van der Waals surface area contributed by atoms with E-state index >= 15 is 0 Å². The van der Waals surface area contributed by atoms with Gasteiger partial charge in [-0.2, -0.15) is 0 Å². The highest BCUT2D eigenvalue weighted by Gasteiger charge is 2.15. The zero-order valence-corrected chi connectivity index (χ0v) is 6.17. The van der Waals surface area contributed by atoms with Crippen molar-refractivity contribution >= 4 is 5.97 Å². The van der Waals surface area contributed by atoms with Crippen LogP contribution >= 0.6 is 0 Å². The quantitative estimate of drug-likeness (QED) is 0.598. The van der Waals surface area contributed by atoms with Crippen LogP contribution in [0, 0.1) is 11.6 Å². The first-order valence-electron chi connectivity index (χ1n) is 3.04. The van der Waals surface area contributed by atoms with E-state index in [1.807, 2.05) is 0 Å². The molecule has 5 heteroatoms. The Balaban J connectivity index is 3.16. The van der Waals surface area contributed by atoms with Gasteiger partial charge >= 0.3 is 5.97 Å². The van der Waals surface area contributed by atoms with Crippen LogP contribution in [0.2, 0.25) is 0 Å². The highest BCUT2D eigenvalue weighted by atomic mass is 19.2. The standard InChI is InChI=1S/C7H5F2NO2/c1-12-7(11)4-2-10-3-5(8)6(4)9/h2-3H,1H3. The average Bonchev–Trinajstić information content (AvgIpc) is 2.08. The molecule has 0 atom stereocenters. The van der Waals surface area contributed by atoms with Crippen LogP contribution in [0.25, 0.3) is 0 Å². The van der Waals surface area contributed by atoms with Crippen LogP contribution in [-0.2, 0) is 4.74 Å². The Labute approximate surface area is 67.0 Å². The summed E-state index contributed by atoms with van der Waals surface area (Å²) in [4.78, 5) is 14.0. The second-order valence-corrected chi connectivity index (χ2v) is 1.97. The molecule has 0 amide bonds. The fourth-order valence-electron chi connectivity index (χ4n) is 0.672. The van der Waals surface area contributed by atoms with Crippen molar-refractivity contribution in [2.75, 3.05) is 7.11 Å². The third-order valence-corrected chi connectivity index (χ3v) is 1.24. The number of pyridine rings is 1. The Bertz CT molecular complexity index is 314. The first-order valence-corrected chi connectivity index (χ1v) is 3.04. The van der Waals surface area contributed by atoms with Crippen molar-refractivity contribution < 1.29 is 18.3 Å². The molecule has 3 nitrogen and oxygen atoms in total. The monoisotopic (exact) mass is 173 g/mol. The highest BCUT2D eigenvalue weighted by molar-refractivity contribution is 5.89. The summed E-state index contributed by atoms with van der Waals surface area (Å²) in [6.07, 6.45) is 1.59. The molecule has 0 aliphatic carbocycles. The first kappa shape index (κ1) is 8.58. The predicted molar refractivity (Wildman–Crippen MR) is 35.5 cm³/mol. The van der Waals surface area contributed by atoms with Crippen LogP contribution in [0.5, 0.6) is 0 Å². The minimum atomic E-state index is -1.24. The Hall–Kier alpha value is -1.52. The van der Waals surface area contributed by atoms with Crippen LogP contribution < -0.4 is 0 Å². The van der Waals surface area contributed by atoms with Crippen molar-refractivity contribution in [3.8, 4) is 0 Å². The molecule has 12 heavy (non-hydrogen) atoms. The molecule has 0 aromatic carbocycles. The summed E-state index contributed by atoms with van der Waals surface area (Å²) in [6, 6.07) is 0. The molecule has 1 rings (SSSR count). The molecule has 64 valence electrons. The maximum Gasteiger partial charge on any atom is 0.342 e. The number of rotatable bonds is 1. The Morgan fingerprint density at radius 1 is 1.50 bits per heavy atom. The van der Waals surface area contributed by atoms with Gasteiger partial charge in [-0.3, -0.25) is 4.98 Å². The summed E-state index contributed by atoms with van der Waals surface area (Å²) < 4.78 is 29.3. The molecule has 0 N–H and O–H groups in total. The zero-order chi connectivity index (χ0) is 9.14. The Kier molecular flexibility index (Phi) is 2.32. The molecular weight excluding hydrogens is 168 g/mol. The van der Waals surface area contributed by atoms with E-state index in [-0.39, 0.29) is 0 Å². The van der Waals surface area contributed by atoms with Crippen molar-refractivity contribution in [3.63, 3.8) is 0 Å². The molecule has 1 heterocycles. The van der Waals surface area contributed by atoms with Crippen LogP contribution in [0.4, 0.5) is 8.78 Å². The lowest BCUT2D eigenvalue weighted by molar-refractivity contribution is 0.0593. The number of methoxy groups -OCH3 is 1. The molecule has 1 aromatic rings. The van der Waals surface area contributed by atoms with Crippen molar-refractivity contribution in [2.45, 2.75) is 0 Å². The van der Waals surface area contributed by atoms with Gasteiger partial charge in [-0.05, 0) is 0 Å². The normalized spacial score (nSPS) is 9.58. The van der Waals surface area contributed by atoms with Gasteiger partial charge in [0.1, 0.15) is 5.56 Å².